The van der Waals surface area contributed by atoms with Crippen LogP contribution >= 0.6 is 0 Å². The number of ether oxygens (including phenoxy) is 3. The Morgan fingerprint density at radius 2 is 0.551 bits per heavy atom. The first kappa shape index (κ1) is 74.4. The van der Waals surface area contributed by atoms with E-state index in [0.29, 0.717) is 19.3 Å². The molecule has 0 bridgehead atoms. The van der Waals surface area contributed by atoms with Crippen LogP contribution in [0.1, 0.15) is 400 Å². The van der Waals surface area contributed by atoms with Gasteiger partial charge in [0.15, 0.2) is 5.60 Å². The minimum absolute atomic E-state index is 0.167. The van der Waals surface area contributed by atoms with Gasteiger partial charge in [-0.2, -0.15) is 0 Å². The lowest BCUT2D eigenvalue weighted by atomic mass is 9.75. The Morgan fingerprint density at radius 1 is 0.333 bits per heavy atom. The van der Waals surface area contributed by atoms with E-state index in [9.17, 15) is 19.5 Å². The maximum atomic E-state index is 14.1. The first-order chi connectivity index (χ1) is 38.4. The molecule has 0 saturated heterocycles. The summed E-state index contributed by atoms with van der Waals surface area (Å²) in [6, 6.07) is 0. The molecule has 78 heavy (non-hydrogen) atoms. The zero-order valence-electron chi connectivity index (χ0n) is 52.9. The van der Waals surface area contributed by atoms with Crippen LogP contribution in [-0.4, -0.2) is 48.4 Å². The van der Waals surface area contributed by atoms with E-state index >= 15 is 0 Å². The molecule has 7 nitrogen and oxygen atoms in total. The van der Waals surface area contributed by atoms with Gasteiger partial charge in [-0.15, -0.1) is 0 Å². The van der Waals surface area contributed by atoms with Crippen LogP contribution in [0, 0.1) is 11.8 Å². The van der Waals surface area contributed by atoms with E-state index in [2.05, 4.69) is 20.8 Å². The molecule has 1 aliphatic carbocycles. The van der Waals surface area contributed by atoms with Crippen molar-refractivity contribution in [3.8, 4) is 0 Å². The minimum atomic E-state index is -2.32. The Balaban J connectivity index is 2.52. The molecule has 1 saturated carbocycles. The van der Waals surface area contributed by atoms with Crippen molar-refractivity contribution in [3.05, 3.63) is 0 Å². The van der Waals surface area contributed by atoms with Crippen LogP contribution in [0.5, 0.6) is 0 Å². The van der Waals surface area contributed by atoms with Crippen molar-refractivity contribution in [1.29, 1.82) is 0 Å². The molecule has 1 rings (SSSR count). The predicted octanol–water partition coefficient (Wildman–Crippen LogP) is 22.7. The van der Waals surface area contributed by atoms with E-state index in [1.54, 1.807) is 0 Å². The van der Waals surface area contributed by atoms with E-state index in [-0.39, 0.29) is 25.7 Å². The Hall–Kier alpha value is -1.63. The average Bonchev–Trinajstić information content (AvgIpc) is 3.98. The van der Waals surface area contributed by atoms with Gasteiger partial charge in [0.05, 0.1) is 32.2 Å². The summed E-state index contributed by atoms with van der Waals surface area (Å²) in [7, 11) is 0. The topological polar surface area (TPSA) is 99.1 Å². The van der Waals surface area contributed by atoms with Crippen LogP contribution in [0.15, 0.2) is 0 Å². The number of carbonyl (C=O) groups excluding carboxylic acids is 3. The smallest absolute Gasteiger partial charge is 0.339 e. The van der Waals surface area contributed by atoms with Crippen molar-refractivity contribution in [2.24, 2.45) is 11.8 Å². The number of rotatable bonds is 63. The molecule has 0 spiro atoms. The third kappa shape index (κ3) is 45.9. The number of aliphatic hydroxyl groups is 1. The van der Waals surface area contributed by atoms with Gasteiger partial charge in [-0.05, 0) is 38.0 Å². The Bertz CT molecular complexity index is 1260. The summed E-state index contributed by atoms with van der Waals surface area (Å²) in [5.41, 5.74) is -2.32. The second-order valence-electron chi connectivity index (χ2n) is 25.2. The SMILES string of the molecule is CCCCCCCCCCCCCCCCCCCCOC(=O)CC(O)(C(=O)OCCCCCCCCCCCCCCCCCCCC)C(C(=O)OCCCCCCCCCCCCCCCCCCCC)C1CCCC1. The zero-order valence-corrected chi connectivity index (χ0v) is 52.9. The summed E-state index contributed by atoms with van der Waals surface area (Å²) < 4.78 is 17.4. The number of carbonyl (C=O) groups is 3. The number of hydrogen-bond acceptors (Lipinski definition) is 7. The van der Waals surface area contributed by atoms with Gasteiger partial charge in [0.25, 0.3) is 0 Å². The molecule has 2 unspecified atom stereocenters. The molecule has 0 heterocycles. The number of esters is 3. The van der Waals surface area contributed by atoms with Crippen molar-refractivity contribution in [1.82, 2.24) is 0 Å². The van der Waals surface area contributed by atoms with E-state index < -0.39 is 35.8 Å². The van der Waals surface area contributed by atoms with Gasteiger partial charge in [0.1, 0.15) is 0 Å². The van der Waals surface area contributed by atoms with Crippen LogP contribution in [0.3, 0.4) is 0 Å². The maximum absolute atomic E-state index is 14.1. The minimum Gasteiger partial charge on any atom is -0.466 e. The number of hydrogen-bond donors (Lipinski definition) is 1. The molecule has 462 valence electrons. The van der Waals surface area contributed by atoms with E-state index in [0.717, 1.165) is 64.2 Å². The van der Waals surface area contributed by atoms with Gasteiger partial charge in [0.2, 0.25) is 0 Å². The maximum Gasteiger partial charge on any atom is 0.339 e. The largest absolute Gasteiger partial charge is 0.466 e. The Kier molecular flexibility index (Phi) is 55.8. The lowest BCUT2D eigenvalue weighted by Crippen LogP contribution is -2.54. The van der Waals surface area contributed by atoms with Crippen molar-refractivity contribution in [3.63, 3.8) is 0 Å². The third-order valence-electron chi connectivity index (χ3n) is 17.6. The van der Waals surface area contributed by atoms with E-state index in [1.807, 2.05) is 0 Å². The predicted molar refractivity (Wildman–Crippen MR) is 334 cm³/mol. The van der Waals surface area contributed by atoms with Gasteiger partial charge in [0, 0.05) is 0 Å². The molecule has 1 fully saturated rings. The summed E-state index contributed by atoms with van der Waals surface area (Å²) in [6.07, 6.45) is 72.1. The second-order valence-corrected chi connectivity index (χ2v) is 25.2. The molecule has 0 aromatic rings. The normalized spacial score (nSPS) is 14.0. The molecule has 0 aromatic heterocycles. The summed E-state index contributed by atoms with van der Waals surface area (Å²) in [5, 5.41) is 12.4. The quantitative estimate of drug-likeness (QED) is 0.0368. The molecule has 1 N–H and O–H groups in total. The lowest BCUT2D eigenvalue weighted by molar-refractivity contribution is -0.190. The van der Waals surface area contributed by atoms with Gasteiger partial charge in [-0.3, -0.25) is 9.59 Å². The molecule has 0 aliphatic heterocycles. The van der Waals surface area contributed by atoms with Crippen LogP contribution < -0.4 is 0 Å². The number of unbranched alkanes of at least 4 members (excludes halogenated alkanes) is 51. The standard InChI is InChI=1S/C71H136O7/c1-4-7-10-13-16-19-22-25-28-31-34-37-40-43-46-49-52-57-62-76-67(72)65-71(75,70(74)78-64-59-54-51-48-45-42-39-36-33-30-27-24-21-18-15-12-9-6-3)68(66-60-55-56-61-66)69(73)77-63-58-53-50-47-44-41-38-35-32-29-26-23-20-17-14-11-8-5-2/h66,68,75H,4-65H2,1-3H3. The highest BCUT2D eigenvalue weighted by molar-refractivity contribution is 5.91. The summed E-state index contributed by atoms with van der Waals surface area (Å²) in [4.78, 5) is 41.7. The van der Waals surface area contributed by atoms with Gasteiger partial charge < -0.3 is 19.3 Å². The highest BCUT2D eigenvalue weighted by Gasteiger charge is 2.55. The molecular weight excluding hydrogens is 965 g/mol. The Labute approximate surface area is 486 Å². The van der Waals surface area contributed by atoms with Crippen molar-refractivity contribution < 1.29 is 33.7 Å². The van der Waals surface area contributed by atoms with Crippen molar-refractivity contribution in [2.75, 3.05) is 19.8 Å². The first-order valence-electron chi connectivity index (χ1n) is 35.6. The van der Waals surface area contributed by atoms with Crippen molar-refractivity contribution >= 4 is 17.9 Å². The van der Waals surface area contributed by atoms with Crippen LogP contribution in [0.4, 0.5) is 0 Å². The van der Waals surface area contributed by atoms with E-state index in [1.165, 1.54) is 289 Å². The summed E-state index contributed by atoms with van der Waals surface area (Å²) >= 11 is 0. The van der Waals surface area contributed by atoms with Gasteiger partial charge in [-0.25, -0.2) is 4.79 Å². The molecule has 0 radical (unpaired) electrons. The molecule has 2 atom stereocenters. The fourth-order valence-electron chi connectivity index (χ4n) is 12.4. The monoisotopic (exact) mass is 1100 g/mol. The summed E-state index contributed by atoms with van der Waals surface area (Å²) in [6.45, 7) is 7.53. The molecule has 0 amide bonds. The van der Waals surface area contributed by atoms with Gasteiger partial charge >= 0.3 is 17.9 Å². The fraction of sp³-hybridized carbons (Fsp3) is 0.958. The second kappa shape index (κ2) is 58.6. The summed E-state index contributed by atoms with van der Waals surface area (Å²) in [5.74, 6) is -3.49. The molecule has 0 aromatic carbocycles. The first-order valence-corrected chi connectivity index (χ1v) is 35.6. The molecule has 7 heteroatoms. The van der Waals surface area contributed by atoms with Gasteiger partial charge in [-0.1, -0.05) is 361 Å². The van der Waals surface area contributed by atoms with Crippen LogP contribution in [-0.2, 0) is 28.6 Å². The fourth-order valence-corrected chi connectivity index (χ4v) is 12.4. The molecular formula is C71H136O7. The highest BCUT2D eigenvalue weighted by atomic mass is 16.6. The highest BCUT2D eigenvalue weighted by Crippen LogP contribution is 2.41. The molecule has 1 aliphatic rings. The van der Waals surface area contributed by atoms with E-state index in [4.69, 9.17) is 14.2 Å². The zero-order chi connectivity index (χ0) is 56.3. The van der Waals surface area contributed by atoms with Crippen LogP contribution in [0.25, 0.3) is 0 Å². The Morgan fingerprint density at radius 3 is 0.808 bits per heavy atom. The lowest BCUT2D eigenvalue weighted by Gasteiger charge is -2.35. The average molecular weight is 1100 g/mol. The van der Waals surface area contributed by atoms with Crippen molar-refractivity contribution in [2.45, 2.75) is 405 Å². The third-order valence-corrected chi connectivity index (χ3v) is 17.6. The van der Waals surface area contributed by atoms with Crippen LogP contribution in [0.2, 0.25) is 0 Å².